The molecule has 0 unspecified atom stereocenters. The molecule has 0 aromatic rings. The van der Waals surface area contributed by atoms with E-state index in [2.05, 4.69) is 6.92 Å². The maximum absolute atomic E-state index is 12.0. The van der Waals surface area contributed by atoms with Crippen molar-refractivity contribution in [2.24, 2.45) is 5.92 Å². The fourth-order valence-corrected chi connectivity index (χ4v) is 2.52. The van der Waals surface area contributed by atoms with E-state index in [1.807, 2.05) is 20.8 Å². The summed E-state index contributed by atoms with van der Waals surface area (Å²) in [4.78, 5) is 22.6. The molecule has 0 amide bonds. The summed E-state index contributed by atoms with van der Waals surface area (Å²) in [5, 5.41) is 8.83. The Kier molecular flexibility index (Phi) is 7.51. The number of hydrogen-bond donors (Lipinski definition) is 1. The van der Waals surface area contributed by atoms with Crippen LogP contribution in [0.3, 0.4) is 0 Å². The maximum atomic E-state index is 12.0. The van der Waals surface area contributed by atoms with Gasteiger partial charge >= 0.3 is 5.97 Å². The molecule has 17 heavy (non-hydrogen) atoms. The van der Waals surface area contributed by atoms with Crippen LogP contribution in [0, 0.1) is 5.92 Å². The quantitative estimate of drug-likeness (QED) is 0.758. The SMILES string of the molecule is CCCC[C@H](CCC(=O)O)C(=O)SC(C)(C)C. The van der Waals surface area contributed by atoms with E-state index < -0.39 is 5.97 Å². The largest absolute Gasteiger partial charge is 0.481 e. The van der Waals surface area contributed by atoms with E-state index in [1.165, 1.54) is 11.8 Å². The van der Waals surface area contributed by atoms with E-state index in [1.54, 1.807) is 0 Å². The number of carbonyl (C=O) groups is 2. The summed E-state index contributed by atoms with van der Waals surface area (Å²) in [6, 6.07) is 0. The zero-order valence-corrected chi connectivity index (χ0v) is 12.1. The summed E-state index contributed by atoms with van der Waals surface area (Å²) in [6.45, 7) is 8.09. The number of rotatable bonds is 7. The van der Waals surface area contributed by atoms with Crippen LogP contribution >= 0.6 is 11.8 Å². The molecular formula is C13H24O3S. The van der Waals surface area contributed by atoms with E-state index in [4.69, 9.17) is 5.11 Å². The second-order valence-corrected chi connectivity index (χ2v) is 7.14. The van der Waals surface area contributed by atoms with Crippen molar-refractivity contribution in [1.29, 1.82) is 0 Å². The van der Waals surface area contributed by atoms with Gasteiger partial charge in [-0.2, -0.15) is 0 Å². The summed E-state index contributed by atoms with van der Waals surface area (Å²) >= 11 is 1.34. The van der Waals surface area contributed by atoms with Crippen LogP contribution < -0.4 is 0 Å². The van der Waals surface area contributed by atoms with Gasteiger partial charge in [0.15, 0.2) is 5.12 Å². The summed E-state index contributed by atoms with van der Waals surface area (Å²) in [6.07, 6.45) is 3.39. The van der Waals surface area contributed by atoms with Gasteiger partial charge < -0.3 is 5.11 Å². The Labute approximate surface area is 108 Å². The van der Waals surface area contributed by atoms with Crippen LogP contribution in [0.25, 0.3) is 0 Å². The Morgan fingerprint density at radius 3 is 2.24 bits per heavy atom. The van der Waals surface area contributed by atoms with Crippen LogP contribution in [-0.2, 0) is 9.59 Å². The van der Waals surface area contributed by atoms with E-state index in [9.17, 15) is 9.59 Å². The molecule has 0 fully saturated rings. The highest BCUT2D eigenvalue weighted by Gasteiger charge is 2.24. The molecular weight excluding hydrogens is 236 g/mol. The minimum Gasteiger partial charge on any atom is -0.481 e. The summed E-state index contributed by atoms with van der Waals surface area (Å²) in [7, 11) is 0. The standard InChI is InChI=1S/C13H24O3S/c1-5-6-7-10(8-9-11(14)15)12(16)17-13(2,3)4/h10H,5-9H2,1-4H3,(H,14,15)/t10-/m1/s1. The fraction of sp³-hybridized carbons (Fsp3) is 0.846. The Balaban J connectivity index is 4.33. The van der Waals surface area contributed by atoms with Gasteiger partial charge in [0.25, 0.3) is 0 Å². The van der Waals surface area contributed by atoms with Crippen LogP contribution in [0.4, 0.5) is 0 Å². The zero-order valence-electron chi connectivity index (χ0n) is 11.3. The molecule has 0 aliphatic rings. The first-order valence-electron chi connectivity index (χ1n) is 6.21. The molecule has 4 heteroatoms. The van der Waals surface area contributed by atoms with Gasteiger partial charge in [-0.3, -0.25) is 9.59 Å². The molecule has 3 nitrogen and oxygen atoms in total. The second-order valence-electron chi connectivity index (χ2n) is 5.31. The van der Waals surface area contributed by atoms with Crippen LogP contribution in [0.2, 0.25) is 0 Å². The van der Waals surface area contributed by atoms with Gasteiger partial charge in [0.1, 0.15) is 0 Å². The Morgan fingerprint density at radius 1 is 1.24 bits per heavy atom. The molecule has 0 heterocycles. The minimum atomic E-state index is -0.819. The van der Waals surface area contributed by atoms with Crippen molar-refractivity contribution in [3.63, 3.8) is 0 Å². The Bertz CT molecular complexity index is 256. The number of unbranched alkanes of at least 4 members (excludes halogenated alkanes) is 1. The molecule has 0 aliphatic carbocycles. The third kappa shape index (κ3) is 9.22. The smallest absolute Gasteiger partial charge is 0.303 e. The van der Waals surface area contributed by atoms with E-state index in [-0.39, 0.29) is 22.2 Å². The van der Waals surface area contributed by atoms with Crippen molar-refractivity contribution in [1.82, 2.24) is 0 Å². The van der Waals surface area contributed by atoms with Gasteiger partial charge in [-0.15, -0.1) is 0 Å². The average molecular weight is 260 g/mol. The number of hydrogen-bond acceptors (Lipinski definition) is 3. The fourth-order valence-electron chi connectivity index (χ4n) is 1.51. The van der Waals surface area contributed by atoms with Crippen molar-refractivity contribution in [3.05, 3.63) is 0 Å². The third-order valence-corrected chi connectivity index (χ3v) is 3.50. The van der Waals surface area contributed by atoms with Gasteiger partial charge in [-0.1, -0.05) is 52.3 Å². The molecule has 1 atom stereocenters. The lowest BCUT2D eigenvalue weighted by Gasteiger charge is -2.21. The highest BCUT2D eigenvalue weighted by Crippen LogP contribution is 2.30. The monoisotopic (exact) mass is 260 g/mol. The lowest BCUT2D eigenvalue weighted by atomic mass is 9.98. The highest BCUT2D eigenvalue weighted by atomic mass is 32.2. The molecule has 0 saturated carbocycles. The van der Waals surface area contributed by atoms with E-state index in [0.29, 0.717) is 6.42 Å². The lowest BCUT2D eigenvalue weighted by Crippen LogP contribution is -2.19. The number of carbonyl (C=O) groups excluding carboxylic acids is 1. The minimum absolute atomic E-state index is 0.0881. The number of carboxylic acids is 1. The molecule has 0 aromatic carbocycles. The molecule has 0 bridgehead atoms. The summed E-state index contributed by atoms with van der Waals surface area (Å²) < 4.78 is -0.0925. The number of carboxylic acid groups (broad SMARTS) is 1. The first-order valence-corrected chi connectivity index (χ1v) is 7.02. The Morgan fingerprint density at radius 2 is 1.82 bits per heavy atom. The second kappa shape index (κ2) is 7.75. The highest BCUT2D eigenvalue weighted by molar-refractivity contribution is 8.14. The lowest BCUT2D eigenvalue weighted by molar-refractivity contribution is -0.137. The van der Waals surface area contributed by atoms with Gasteiger partial charge in [-0.05, 0) is 12.8 Å². The first-order chi connectivity index (χ1) is 7.76. The van der Waals surface area contributed by atoms with Gasteiger partial charge in [-0.25, -0.2) is 0 Å². The van der Waals surface area contributed by atoms with Crippen molar-refractivity contribution < 1.29 is 14.7 Å². The molecule has 0 aliphatic heterocycles. The predicted octanol–water partition coefficient (Wildman–Crippen LogP) is 3.72. The zero-order chi connectivity index (χ0) is 13.5. The van der Waals surface area contributed by atoms with Crippen molar-refractivity contribution in [2.75, 3.05) is 0 Å². The van der Waals surface area contributed by atoms with E-state index in [0.717, 1.165) is 19.3 Å². The van der Waals surface area contributed by atoms with Crippen LogP contribution in [0.1, 0.15) is 59.8 Å². The molecule has 0 aromatic heterocycles. The summed E-state index contributed by atoms with van der Waals surface area (Å²) in [5.41, 5.74) is 0. The van der Waals surface area contributed by atoms with Crippen molar-refractivity contribution in [2.45, 2.75) is 64.5 Å². The Hall–Kier alpha value is -0.510. The molecule has 1 N–H and O–H groups in total. The average Bonchev–Trinajstić information content (AvgIpc) is 2.14. The molecule has 0 saturated heterocycles. The molecule has 100 valence electrons. The van der Waals surface area contributed by atoms with Crippen LogP contribution in [0.5, 0.6) is 0 Å². The topological polar surface area (TPSA) is 54.4 Å². The van der Waals surface area contributed by atoms with Gasteiger partial charge in [0.2, 0.25) is 0 Å². The van der Waals surface area contributed by atoms with Crippen molar-refractivity contribution in [3.8, 4) is 0 Å². The third-order valence-electron chi connectivity index (χ3n) is 2.35. The van der Waals surface area contributed by atoms with Gasteiger partial charge in [0, 0.05) is 17.1 Å². The van der Waals surface area contributed by atoms with Crippen LogP contribution in [0.15, 0.2) is 0 Å². The van der Waals surface area contributed by atoms with Crippen molar-refractivity contribution >= 4 is 22.8 Å². The number of aliphatic carboxylic acids is 1. The first kappa shape index (κ1) is 16.5. The normalized spacial score (nSPS) is 13.4. The number of thioether (sulfide) groups is 1. The molecule has 0 spiro atoms. The molecule has 0 radical (unpaired) electrons. The maximum Gasteiger partial charge on any atom is 0.303 e. The van der Waals surface area contributed by atoms with Gasteiger partial charge in [0.05, 0.1) is 0 Å². The molecule has 0 rings (SSSR count). The van der Waals surface area contributed by atoms with E-state index >= 15 is 0 Å². The summed E-state index contributed by atoms with van der Waals surface area (Å²) in [5.74, 6) is -0.921. The van der Waals surface area contributed by atoms with Crippen LogP contribution in [-0.4, -0.2) is 20.9 Å². The predicted molar refractivity (Wildman–Crippen MR) is 72.2 cm³/mol.